The molecule has 2 saturated heterocycles. The smallest absolute Gasteiger partial charge is 0.328 e. The first-order chi connectivity index (χ1) is 20.4. The first-order valence-corrected chi connectivity index (χ1v) is 15.7. The quantitative estimate of drug-likeness (QED) is 0.172. The number of anilines is 2. The highest BCUT2D eigenvalue weighted by molar-refractivity contribution is 7.97. The molecule has 2 amide bonds. The summed E-state index contributed by atoms with van der Waals surface area (Å²) in [4.78, 5) is 45.0. The van der Waals surface area contributed by atoms with E-state index in [1.807, 2.05) is 0 Å². The molecule has 0 radical (unpaired) electrons. The fourth-order valence-corrected chi connectivity index (χ4v) is 6.50. The summed E-state index contributed by atoms with van der Waals surface area (Å²) >= 11 is 1.61. The van der Waals surface area contributed by atoms with Gasteiger partial charge in [-0.3, -0.25) is 9.59 Å². The van der Waals surface area contributed by atoms with Crippen LogP contribution in [0.15, 0.2) is 41.3 Å². The van der Waals surface area contributed by atoms with Gasteiger partial charge in [-0.05, 0) is 73.9 Å². The number of carboxylic acids is 1. The number of hydrogen-bond acceptors (Lipinski definition) is 9. The first-order valence-electron chi connectivity index (χ1n) is 15.0. The van der Waals surface area contributed by atoms with Gasteiger partial charge in [-0.1, -0.05) is 12.1 Å². The van der Waals surface area contributed by atoms with E-state index in [1.54, 1.807) is 11.9 Å². The zero-order valence-electron chi connectivity index (χ0n) is 23.9. The van der Waals surface area contributed by atoms with Crippen molar-refractivity contribution in [2.45, 2.75) is 49.5 Å². The summed E-state index contributed by atoms with van der Waals surface area (Å²) in [6.45, 7) is 5.83. The number of benzene rings is 1. The molecule has 0 saturated carbocycles. The Labute approximate surface area is 251 Å². The summed E-state index contributed by atoms with van der Waals surface area (Å²) in [5, 5.41) is 21.6. The number of rotatable bonds is 13. The molecule has 0 bridgehead atoms. The standard InChI is InChI=1S/C30H41N7O4S/c38-27(9-2-1-6-23-11-10-21-5-4-12-32-28(21)34-23)33-18-26(30(40)41)35-29(39)22-19-37(20-22)42-25-8-3-7-24(17-25)36-15-13-31-14-16-36/h3,7-8,10-11,17,22,26,31H,1-2,4-6,9,12-16,18-20H2,(H,32,34)(H,33,38)(H,35,39)(H,40,41). The Morgan fingerprint density at radius 3 is 2.74 bits per heavy atom. The van der Waals surface area contributed by atoms with Crippen LogP contribution < -0.4 is 26.2 Å². The van der Waals surface area contributed by atoms with Crippen LogP contribution in [0.4, 0.5) is 11.5 Å². The molecule has 1 aromatic heterocycles. The van der Waals surface area contributed by atoms with Crippen LogP contribution in [0.25, 0.3) is 0 Å². The van der Waals surface area contributed by atoms with Crippen LogP contribution in [0.1, 0.15) is 36.9 Å². The maximum atomic E-state index is 12.7. The van der Waals surface area contributed by atoms with Crippen molar-refractivity contribution in [3.63, 3.8) is 0 Å². The third kappa shape index (κ3) is 8.36. The van der Waals surface area contributed by atoms with Crippen LogP contribution in [0.3, 0.4) is 0 Å². The lowest BCUT2D eigenvalue weighted by atomic mass is 10.0. The van der Waals surface area contributed by atoms with E-state index in [0.29, 0.717) is 25.9 Å². The van der Waals surface area contributed by atoms with E-state index >= 15 is 0 Å². The molecule has 1 aromatic carbocycles. The number of unbranched alkanes of at least 4 members (excludes halogenated alkanes) is 1. The first kappa shape index (κ1) is 30.1. The molecule has 5 rings (SSSR count). The number of carbonyl (C=O) groups excluding carboxylic acids is 2. The summed E-state index contributed by atoms with van der Waals surface area (Å²) in [7, 11) is 0. The van der Waals surface area contributed by atoms with Crippen LogP contribution in [0.5, 0.6) is 0 Å². The molecule has 42 heavy (non-hydrogen) atoms. The van der Waals surface area contributed by atoms with Gasteiger partial charge in [0.2, 0.25) is 11.8 Å². The number of carboxylic acid groups (broad SMARTS) is 1. The van der Waals surface area contributed by atoms with Crippen LogP contribution in [0.2, 0.25) is 0 Å². The van der Waals surface area contributed by atoms with Gasteiger partial charge < -0.3 is 31.3 Å². The Hall–Kier alpha value is -3.35. The van der Waals surface area contributed by atoms with Crippen molar-refractivity contribution in [2.75, 3.05) is 62.6 Å². The zero-order chi connectivity index (χ0) is 29.3. The minimum absolute atomic E-state index is 0.137. The molecule has 12 heteroatoms. The SMILES string of the molecule is O=C(CCCCc1ccc2c(n1)NCCC2)NCC(NC(=O)C1CN(Sc2cccc(N3CCNCC3)c2)C1)C(=O)O. The maximum Gasteiger partial charge on any atom is 0.328 e. The highest BCUT2D eigenvalue weighted by Crippen LogP contribution is 2.32. The summed E-state index contributed by atoms with van der Waals surface area (Å²) in [6, 6.07) is 11.4. The summed E-state index contributed by atoms with van der Waals surface area (Å²) in [5.74, 6) is -0.979. The fourth-order valence-electron chi connectivity index (χ4n) is 5.38. The molecular weight excluding hydrogens is 554 g/mol. The number of amides is 2. The minimum atomic E-state index is -1.16. The molecule has 4 heterocycles. The van der Waals surface area contributed by atoms with Crippen molar-refractivity contribution in [3.8, 4) is 0 Å². The molecule has 1 unspecified atom stereocenters. The maximum absolute atomic E-state index is 12.7. The number of hydrogen-bond donors (Lipinski definition) is 5. The topological polar surface area (TPSA) is 139 Å². The lowest BCUT2D eigenvalue weighted by Crippen LogP contribution is -2.56. The Balaban J connectivity index is 0.981. The van der Waals surface area contributed by atoms with Crippen molar-refractivity contribution in [3.05, 3.63) is 47.7 Å². The van der Waals surface area contributed by atoms with Gasteiger partial charge in [0.05, 0.1) is 5.92 Å². The number of aliphatic carboxylic acids is 1. The monoisotopic (exact) mass is 595 g/mol. The average molecular weight is 596 g/mol. The second-order valence-corrected chi connectivity index (χ2v) is 12.3. The van der Waals surface area contributed by atoms with Crippen molar-refractivity contribution >= 4 is 41.2 Å². The number of pyridine rings is 1. The number of fused-ring (bicyclic) bond motifs is 1. The number of aryl methyl sites for hydroxylation is 2. The minimum Gasteiger partial charge on any atom is -0.480 e. The molecule has 3 aliphatic heterocycles. The lowest BCUT2D eigenvalue weighted by molar-refractivity contribution is -0.143. The van der Waals surface area contributed by atoms with Crippen LogP contribution in [-0.4, -0.2) is 90.6 Å². The van der Waals surface area contributed by atoms with Gasteiger partial charge in [0, 0.05) is 75.1 Å². The molecular formula is C30H41N7O4S. The van der Waals surface area contributed by atoms with E-state index in [4.69, 9.17) is 0 Å². The highest BCUT2D eigenvalue weighted by Gasteiger charge is 2.35. The summed E-state index contributed by atoms with van der Waals surface area (Å²) in [5.41, 5.74) is 3.46. The van der Waals surface area contributed by atoms with E-state index in [9.17, 15) is 19.5 Å². The normalized spacial score (nSPS) is 17.9. The fraction of sp³-hybridized carbons (Fsp3) is 0.533. The van der Waals surface area contributed by atoms with Gasteiger partial charge in [0.25, 0.3) is 0 Å². The van der Waals surface area contributed by atoms with E-state index in [1.165, 1.54) is 11.3 Å². The van der Waals surface area contributed by atoms with Gasteiger partial charge in [-0.15, -0.1) is 0 Å². The van der Waals surface area contributed by atoms with Crippen molar-refractivity contribution in [2.24, 2.45) is 5.92 Å². The van der Waals surface area contributed by atoms with Crippen LogP contribution >= 0.6 is 11.9 Å². The number of piperazine rings is 1. The predicted molar refractivity (Wildman–Crippen MR) is 164 cm³/mol. The second-order valence-electron chi connectivity index (χ2n) is 11.1. The Morgan fingerprint density at radius 1 is 1.10 bits per heavy atom. The number of nitrogens with one attached hydrogen (secondary N) is 4. The number of aromatic nitrogens is 1. The Bertz CT molecular complexity index is 1250. The van der Waals surface area contributed by atoms with Crippen molar-refractivity contribution in [1.29, 1.82) is 0 Å². The average Bonchev–Trinajstić information content (AvgIpc) is 2.99. The third-order valence-corrected chi connectivity index (χ3v) is 8.93. The summed E-state index contributed by atoms with van der Waals surface area (Å²) in [6.07, 6.45) is 4.76. The molecule has 2 fully saturated rings. The Morgan fingerprint density at radius 2 is 1.93 bits per heavy atom. The second kappa shape index (κ2) is 14.7. The van der Waals surface area contributed by atoms with E-state index in [0.717, 1.165) is 74.8 Å². The van der Waals surface area contributed by atoms with Crippen molar-refractivity contribution < 1.29 is 19.5 Å². The third-order valence-electron chi connectivity index (χ3n) is 7.91. The van der Waals surface area contributed by atoms with Gasteiger partial charge >= 0.3 is 5.97 Å². The van der Waals surface area contributed by atoms with E-state index in [-0.39, 0.29) is 24.3 Å². The molecule has 5 N–H and O–H groups in total. The van der Waals surface area contributed by atoms with Gasteiger partial charge in [-0.25, -0.2) is 14.1 Å². The van der Waals surface area contributed by atoms with Gasteiger partial charge in [-0.2, -0.15) is 0 Å². The largest absolute Gasteiger partial charge is 0.480 e. The van der Waals surface area contributed by atoms with E-state index < -0.39 is 12.0 Å². The molecule has 11 nitrogen and oxygen atoms in total. The number of nitrogens with zero attached hydrogens (tertiary/aromatic N) is 3. The molecule has 226 valence electrons. The highest BCUT2D eigenvalue weighted by atomic mass is 32.2. The van der Waals surface area contributed by atoms with Crippen LogP contribution in [-0.2, 0) is 27.2 Å². The summed E-state index contributed by atoms with van der Waals surface area (Å²) < 4.78 is 2.11. The molecule has 2 aromatic rings. The zero-order valence-corrected chi connectivity index (χ0v) is 24.8. The van der Waals surface area contributed by atoms with E-state index in [2.05, 4.69) is 71.9 Å². The molecule has 0 spiro atoms. The predicted octanol–water partition coefficient (Wildman–Crippen LogP) is 1.89. The van der Waals surface area contributed by atoms with Crippen molar-refractivity contribution in [1.82, 2.24) is 25.2 Å². The molecule has 0 aliphatic carbocycles. The van der Waals surface area contributed by atoms with Crippen LogP contribution in [0, 0.1) is 5.92 Å². The molecule has 3 aliphatic rings. The lowest BCUT2D eigenvalue weighted by Gasteiger charge is -2.37. The van der Waals surface area contributed by atoms with Gasteiger partial charge in [0.15, 0.2) is 0 Å². The Kier molecular flexibility index (Phi) is 10.5. The van der Waals surface area contributed by atoms with Gasteiger partial charge in [0.1, 0.15) is 11.9 Å². The molecule has 1 atom stereocenters. The number of carbonyl (C=O) groups is 3.